The highest BCUT2D eigenvalue weighted by molar-refractivity contribution is 5.46. The second kappa shape index (κ2) is 5.58. The number of phenolic OH excluding ortho intramolecular Hbond substituents is 1. The predicted octanol–water partition coefficient (Wildman–Crippen LogP) is 1.17. The van der Waals surface area contributed by atoms with Crippen LogP contribution in [0.15, 0.2) is 18.2 Å². The van der Waals surface area contributed by atoms with E-state index in [0.717, 1.165) is 0 Å². The van der Waals surface area contributed by atoms with Crippen molar-refractivity contribution in [2.75, 3.05) is 13.2 Å². The van der Waals surface area contributed by atoms with Gasteiger partial charge in [0, 0.05) is 5.56 Å². The van der Waals surface area contributed by atoms with Crippen LogP contribution < -0.4 is 10.5 Å². The zero-order valence-corrected chi connectivity index (χ0v) is 8.81. The van der Waals surface area contributed by atoms with E-state index in [4.69, 9.17) is 10.5 Å². The molecule has 0 radical (unpaired) electrons. The van der Waals surface area contributed by atoms with E-state index >= 15 is 0 Å². The SMILES string of the molecule is CCOc1cccc([C@H](O)CCN)c1O. The van der Waals surface area contributed by atoms with Crippen LogP contribution in [0.4, 0.5) is 0 Å². The lowest BCUT2D eigenvalue weighted by Gasteiger charge is -2.14. The Labute approximate surface area is 89.3 Å². The van der Waals surface area contributed by atoms with Gasteiger partial charge in [-0.1, -0.05) is 12.1 Å². The number of ether oxygens (including phenoxy) is 1. The molecule has 1 rings (SSSR count). The van der Waals surface area contributed by atoms with Crippen molar-refractivity contribution in [3.05, 3.63) is 23.8 Å². The molecular formula is C11H17NO3. The van der Waals surface area contributed by atoms with Gasteiger partial charge in [-0.05, 0) is 26.0 Å². The van der Waals surface area contributed by atoms with Gasteiger partial charge in [0.05, 0.1) is 12.7 Å². The summed E-state index contributed by atoms with van der Waals surface area (Å²) in [6.07, 6.45) is -0.321. The van der Waals surface area contributed by atoms with Crippen LogP contribution in [-0.4, -0.2) is 23.4 Å². The molecule has 0 fully saturated rings. The summed E-state index contributed by atoms with van der Waals surface area (Å²) in [5.74, 6) is 0.395. The summed E-state index contributed by atoms with van der Waals surface area (Å²) >= 11 is 0. The molecule has 0 heterocycles. The molecule has 0 saturated heterocycles. The second-order valence-electron chi connectivity index (χ2n) is 3.22. The quantitative estimate of drug-likeness (QED) is 0.683. The number of hydrogen-bond acceptors (Lipinski definition) is 4. The first-order valence-electron chi connectivity index (χ1n) is 5.03. The number of benzene rings is 1. The number of nitrogens with two attached hydrogens (primary N) is 1. The minimum atomic E-state index is -0.740. The first kappa shape index (κ1) is 11.8. The Balaban J connectivity index is 2.92. The molecule has 1 aromatic rings. The highest BCUT2D eigenvalue weighted by atomic mass is 16.5. The van der Waals surface area contributed by atoms with Gasteiger partial charge in [-0.15, -0.1) is 0 Å². The Morgan fingerprint density at radius 2 is 2.20 bits per heavy atom. The molecule has 84 valence electrons. The van der Waals surface area contributed by atoms with Crippen LogP contribution in [0.2, 0.25) is 0 Å². The van der Waals surface area contributed by atoms with E-state index in [0.29, 0.717) is 30.9 Å². The fourth-order valence-corrected chi connectivity index (χ4v) is 1.39. The van der Waals surface area contributed by atoms with Gasteiger partial charge >= 0.3 is 0 Å². The Bertz CT molecular complexity index is 315. The monoisotopic (exact) mass is 211 g/mol. The summed E-state index contributed by atoms with van der Waals surface area (Å²) < 4.78 is 5.21. The number of aliphatic hydroxyl groups is 1. The van der Waals surface area contributed by atoms with Crippen molar-refractivity contribution >= 4 is 0 Å². The molecule has 0 unspecified atom stereocenters. The third-order valence-electron chi connectivity index (χ3n) is 2.13. The lowest BCUT2D eigenvalue weighted by Crippen LogP contribution is -2.07. The molecule has 4 N–H and O–H groups in total. The largest absolute Gasteiger partial charge is 0.504 e. The zero-order chi connectivity index (χ0) is 11.3. The fraction of sp³-hybridized carbons (Fsp3) is 0.455. The summed E-state index contributed by atoms with van der Waals surface area (Å²) in [7, 11) is 0. The maximum absolute atomic E-state index is 9.79. The molecule has 0 aliphatic heterocycles. The number of aromatic hydroxyl groups is 1. The van der Waals surface area contributed by atoms with Crippen LogP contribution in [0, 0.1) is 0 Å². The van der Waals surface area contributed by atoms with Crippen LogP contribution in [0.3, 0.4) is 0 Å². The van der Waals surface area contributed by atoms with E-state index in [1.54, 1.807) is 18.2 Å². The van der Waals surface area contributed by atoms with E-state index in [1.165, 1.54) is 0 Å². The molecular weight excluding hydrogens is 194 g/mol. The van der Waals surface area contributed by atoms with Crippen molar-refractivity contribution in [3.63, 3.8) is 0 Å². The Kier molecular flexibility index (Phi) is 4.39. The van der Waals surface area contributed by atoms with Crippen molar-refractivity contribution in [3.8, 4) is 11.5 Å². The summed E-state index contributed by atoms with van der Waals surface area (Å²) in [6, 6.07) is 5.06. The van der Waals surface area contributed by atoms with Crippen LogP contribution >= 0.6 is 0 Å². The molecule has 0 aromatic heterocycles. The van der Waals surface area contributed by atoms with E-state index in [1.807, 2.05) is 6.92 Å². The van der Waals surface area contributed by atoms with E-state index in [2.05, 4.69) is 0 Å². The molecule has 0 amide bonds. The predicted molar refractivity (Wildman–Crippen MR) is 57.9 cm³/mol. The molecule has 1 atom stereocenters. The lowest BCUT2D eigenvalue weighted by molar-refractivity contribution is 0.165. The molecule has 0 bridgehead atoms. The Morgan fingerprint density at radius 3 is 2.80 bits per heavy atom. The molecule has 0 aliphatic rings. The van der Waals surface area contributed by atoms with Crippen molar-refractivity contribution in [2.24, 2.45) is 5.73 Å². The molecule has 4 heteroatoms. The normalized spacial score (nSPS) is 12.5. The van der Waals surface area contributed by atoms with Gasteiger partial charge in [0.1, 0.15) is 0 Å². The summed E-state index contributed by atoms with van der Waals surface area (Å²) in [5.41, 5.74) is 5.80. The first-order valence-corrected chi connectivity index (χ1v) is 5.03. The van der Waals surface area contributed by atoms with Crippen molar-refractivity contribution in [2.45, 2.75) is 19.4 Å². The van der Waals surface area contributed by atoms with E-state index in [9.17, 15) is 10.2 Å². The maximum Gasteiger partial charge on any atom is 0.163 e. The molecule has 1 aromatic carbocycles. The van der Waals surface area contributed by atoms with E-state index < -0.39 is 6.10 Å². The maximum atomic E-state index is 9.79. The van der Waals surface area contributed by atoms with Gasteiger partial charge < -0.3 is 20.7 Å². The summed E-state index contributed by atoms with van der Waals surface area (Å²) in [5, 5.41) is 19.5. The van der Waals surface area contributed by atoms with Crippen LogP contribution in [0.5, 0.6) is 11.5 Å². The minimum absolute atomic E-state index is 0.000278. The van der Waals surface area contributed by atoms with Gasteiger partial charge in [0.25, 0.3) is 0 Å². The molecule has 4 nitrogen and oxygen atoms in total. The van der Waals surface area contributed by atoms with Crippen LogP contribution in [0.1, 0.15) is 25.0 Å². The summed E-state index contributed by atoms with van der Waals surface area (Å²) in [4.78, 5) is 0. The van der Waals surface area contributed by atoms with Crippen molar-refractivity contribution in [1.82, 2.24) is 0 Å². The standard InChI is InChI=1S/C11H17NO3/c1-2-15-10-5-3-4-8(11(10)14)9(13)6-7-12/h3-5,9,13-14H,2,6-7,12H2,1H3/t9-/m1/s1. The van der Waals surface area contributed by atoms with Gasteiger partial charge in [0.15, 0.2) is 11.5 Å². The van der Waals surface area contributed by atoms with Gasteiger partial charge in [-0.25, -0.2) is 0 Å². The molecule has 0 spiro atoms. The van der Waals surface area contributed by atoms with Gasteiger partial charge in [-0.3, -0.25) is 0 Å². The number of hydrogen-bond donors (Lipinski definition) is 3. The molecule has 15 heavy (non-hydrogen) atoms. The van der Waals surface area contributed by atoms with Gasteiger partial charge in [-0.2, -0.15) is 0 Å². The Morgan fingerprint density at radius 1 is 1.47 bits per heavy atom. The molecule has 0 aliphatic carbocycles. The average Bonchev–Trinajstić information content (AvgIpc) is 2.22. The Hall–Kier alpha value is -1.26. The third kappa shape index (κ3) is 2.84. The van der Waals surface area contributed by atoms with E-state index in [-0.39, 0.29) is 5.75 Å². The lowest BCUT2D eigenvalue weighted by atomic mass is 10.1. The highest BCUT2D eigenvalue weighted by Gasteiger charge is 2.14. The number of rotatable bonds is 5. The smallest absolute Gasteiger partial charge is 0.163 e. The van der Waals surface area contributed by atoms with Crippen LogP contribution in [0.25, 0.3) is 0 Å². The number of phenols is 1. The second-order valence-corrected chi connectivity index (χ2v) is 3.22. The minimum Gasteiger partial charge on any atom is -0.504 e. The van der Waals surface area contributed by atoms with Crippen molar-refractivity contribution in [1.29, 1.82) is 0 Å². The first-order chi connectivity index (χ1) is 7.20. The average molecular weight is 211 g/mol. The molecule has 0 saturated carbocycles. The summed E-state index contributed by atoms with van der Waals surface area (Å²) in [6.45, 7) is 2.69. The highest BCUT2D eigenvalue weighted by Crippen LogP contribution is 2.34. The topological polar surface area (TPSA) is 75.7 Å². The zero-order valence-electron chi connectivity index (χ0n) is 8.81. The number of aliphatic hydroxyl groups excluding tert-OH is 1. The number of para-hydroxylation sites is 1. The van der Waals surface area contributed by atoms with Crippen LogP contribution in [-0.2, 0) is 0 Å². The van der Waals surface area contributed by atoms with Crippen molar-refractivity contribution < 1.29 is 14.9 Å². The van der Waals surface area contributed by atoms with Gasteiger partial charge in [0.2, 0.25) is 0 Å². The third-order valence-corrected chi connectivity index (χ3v) is 2.13. The fourth-order valence-electron chi connectivity index (χ4n) is 1.39.